The number of halogens is 1. The van der Waals surface area contributed by atoms with Crippen molar-refractivity contribution >= 4 is 39.2 Å². The molecule has 28 heavy (non-hydrogen) atoms. The molecule has 2 aromatic rings. The molecule has 9 heteroatoms. The molecule has 0 saturated heterocycles. The van der Waals surface area contributed by atoms with Crippen LogP contribution in [0.25, 0.3) is 0 Å². The number of anilines is 1. The lowest BCUT2D eigenvalue weighted by Crippen LogP contribution is -2.28. The molecule has 0 bridgehead atoms. The highest BCUT2D eigenvalue weighted by Crippen LogP contribution is 2.23. The Labute approximate surface area is 169 Å². The van der Waals surface area contributed by atoms with Gasteiger partial charge < -0.3 is 10.1 Å². The van der Waals surface area contributed by atoms with Gasteiger partial charge in [-0.05, 0) is 42.8 Å². The van der Waals surface area contributed by atoms with Gasteiger partial charge in [-0.3, -0.25) is 9.10 Å². The SMILES string of the molecule is COC(=O)c1cc(C(=O)N[C@H](C)c2cccc(Cl)c2)cc(N(C)S(C)(=O)=O)c1. The van der Waals surface area contributed by atoms with Crippen molar-refractivity contribution < 1.29 is 22.7 Å². The van der Waals surface area contributed by atoms with Crippen LogP contribution in [-0.2, 0) is 14.8 Å². The minimum Gasteiger partial charge on any atom is -0.465 e. The van der Waals surface area contributed by atoms with E-state index < -0.39 is 21.9 Å². The minimum atomic E-state index is -3.58. The number of methoxy groups -OCH3 is 1. The summed E-state index contributed by atoms with van der Waals surface area (Å²) < 4.78 is 29.4. The number of benzene rings is 2. The summed E-state index contributed by atoms with van der Waals surface area (Å²) in [6.45, 7) is 1.79. The summed E-state index contributed by atoms with van der Waals surface area (Å²) in [7, 11) is -1.04. The van der Waals surface area contributed by atoms with Crippen molar-refractivity contribution in [2.45, 2.75) is 13.0 Å². The van der Waals surface area contributed by atoms with Gasteiger partial charge in [-0.25, -0.2) is 13.2 Å². The molecule has 0 aliphatic carbocycles. The summed E-state index contributed by atoms with van der Waals surface area (Å²) in [5, 5.41) is 3.36. The third-order valence-electron chi connectivity index (χ3n) is 4.16. The Morgan fingerprint density at radius 3 is 2.36 bits per heavy atom. The summed E-state index contributed by atoms with van der Waals surface area (Å²) in [6, 6.07) is 10.8. The van der Waals surface area contributed by atoms with Crippen molar-refractivity contribution in [2.24, 2.45) is 0 Å². The quantitative estimate of drug-likeness (QED) is 0.719. The van der Waals surface area contributed by atoms with Gasteiger partial charge in [0.15, 0.2) is 0 Å². The molecule has 150 valence electrons. The first-order chi connectivity index (χ1) is 13.0. The lowest BCUT2D eigenvalue weighted by atomic mass is 10.1. The predicted molar refractivity (Wildman–Crippen MR) is 108 cm³/mol. The standard InChI is InChI=1S/C19H21ClN2O5S/c1-12(13-6-5-7-16(20)9-13)21-18(23)14-8-15(19(24)27-3)11-17(10-14)22(2)28(4,25)26/h5-12H,1-4H3,(H,21,23)/t12-/m1/s1. The van der Waals surface area contributed by atoms with E-state index in [1.807, 2.05) is 6.07 Å². The van der Waals surface area contributed by atoms with Gasteiger partial charge in [0, 0.05) is 17.6 Å². The van der Waals surface area contributed by atoms with E-state index in [1.165, 1.54) is 32.4 Å². The normalized spacial score (nSPS) is 12.2. The number of ether oxygens (including phenoxy) is 1. The van der Waals surface area contributed by atoms with Crippen molar-refractivity contribution in [1.29, 1.82) is 0 Å². The summed E-state index contributed by atoms with van der Waals surface area (Å²) in [6.07, 6.45) is 1.03. The average Bonchev–Trinajstić information content (AvgIpc) is 2.65. The van der Waals surface area contributed by atoms with Gasteiger partial charge in [0.1, 0.15) is 0 Å². The fraction of sp³-hybridized carbons (Fsp3) is 0.263. The first-order valence-corrected chi connectivity index (χ1v) is 10.5. The fourth-order valence-corrected chi connectivity index (χ4v) is 3.18. The Morgan fingerprint density at radius 2 is 1.79 bits per heavy atom. The number of carbonyl (C=O) groups excluding carboxylic acids is 2. The Kier molecular flexibility index (Phi) is 6.69. The Balaban J connectivity index is 2.39. The summed E-state index contributed by atoms with van der Waals surface area (Å²) in [5.41, 5.74) is 1.17. The molecular weight excluding hydrogens is 404 g/mol. The smallest absolute Gasteiger partial charge is 0.337 e. The molecule has 0 heterocycles. The highest BCUT2D eigenvalue weighted by Gasteiger charge is 2.20. The third kappa shape index (κ3) is 5.24. The summed E-state index contributed by atoms with van der Waals surface area (Å²) in [5.74, 6) is -1.15. The maximum Gasteiger partial charge on any atom is 0.337 e. The van der Waals surface area contributed by atoms with Crippen LogP contribution in [0.3, 0.4) is 0 Å². The van der Waals surface area contributed by atoms with Crippen LogP contribution in [0.4, 0.5) is 5.69 Å². The van der Waals surface area contributed by atoms with Crippen LogP contribution in [-0.4, -0.2) is 40.7 Å². The molecule has 2 rings (SSSR count). The van der Waals surface area contributed by atoms with Crippen LogP contribution in [0.1, 0.15) is 39.2 Å². The average molecular weight is 425 g/mol. The first-order valence-electron chi connectivity index (χ1n) is 8.26. The van der Waals surface area contributed by atoms with Crippen molar-refractivity contribution in [2.75, 3.05) is 24.7 Å². The Bertz CT molecular complexity index is 1010. The number of sulfonamides is 1. The number of hydrogen-bond donors (Lipinski definition) is 1. The zero-order valence-corrected chi connectivity index (χ0v) is 17.5. The molecule has 0 radical (unpaired) electrons. The van der Waals surface area contributed by atoms with Crippen molar-refractivity contribution in [3.05, 3.63) is 64.2 Å². The van der Waals surface area contributed by atoms with E-state index in [-0.39, 0.29) is 22.9 Å². The molecule has 0 unspecified atom stereocenters. The maximum absolute atomic E-state index is 12.7. The highest BCUT2D eigenvalue weighted by atomic mass is 35.5. The van der Waals surface area contributed by atoms with Gasteiger partial charge in [0.25, 0.3) is 5.91 Å². The van der Waals surface area contributed by atoms with E-state index in [1.54, 1.807) is 25.1 Å². The van der Waals surface area contributed by atoms with Crippen LogP contribution in [0.2, 0.25) is 5.02 Å². The largest absolute Gasteiger partial charge is 0.465 e. The Hall–Kier alpha value is -2.58. The topological polar surface area (TPSA) is 92.8 Å². The van der Waals surface area contributed by atoms with E-state index in [0.29, 0.717) is 5.02 Å². The second-order valence-electron chi connectivity index (χ2n) is 6.24. The molecule has 0 aliphatic heterocycles. The lowest BCUT2D eigenvalue weighted by Gasteiger charge is -2.19. The van der Waals surface area contributed by atoms with Crippen LogP contribution in [0.5, 0.6) is 0 Å². The van der Waals surface area contributed by atoms with E-state index in [0.717, 1.165) is 16.1 Å². The van der Waals surface area contributed by atoms with Crippen molar-refractivity contribution in [1.82, 2.24) is 5.32 Å². The van der Waals surface area contributed by atoms with Gasteiger partial charge in [-0.2, -0.15) is 0 Å². The second kappa shape index (κ2) is 8.62. The first kappa shape index (κ1) is 21.7. The second-order valence-corrected chi connectivity index (χ2v) is 8.69. The van der Waals surface area contributed by atoms with E-state index in [4.69, 9.17) is 16.3 Å². The Morgan fingerprint density at radius 1 is 1.14 bits per heavy atom. The lowest BCUT2D eigenvalue weighted by molar-refractivity contribution is 0.0600. The van der Waals surface area contributed by atoms with E-state index >= 15 is 0 Å². The number of carbonyl (C=O) groups is 2. The molecular formula is C19H21ClN2O5S. The third-order valence-corrected chi connectivity index (χ3v) is 5.60. The number of rotatable bonds is 6. The molecule has 2 aromatic carbocycles. The molecule has 0 aliphatic rings. The molecule has 1 amide bonds. The molecule has 0 saturated carbocycles. The molecule has 0 fully saturated rings. The van der Waals surface area contributed by atoms with E-state index in [9.17, 15) is 18.0 Å². The van der Waals surface area contributed by atoms with Crippen molar-refractivity contribution in [3.63, 3.8) is 0 Å². The highest BCUT2D eigenvalue weighted by molar-refractivity contribution is 7.92. The van der Waals surface area contributed by atoms with Gasteiger partial charge in [0.05, 0.1) is 30.7 Å². The monoisotopic (exact) mass is 424 g/mol. The number of esters is 1. The number of amides is 1. The zero-order valence-electron chi connectivity index (χ0n) is 15.9. The molecule has 1 atom stereocenters. The van der Waals surface area contributed by atoms with E-state index in [2.05, 4.69) is 5.32 Å². The van der Waals surface area contributed by atoms with Gasteiger partial charge in [0.2, 0.25) is 10.0 Å². The van der Waals surface area contributed by atoms with Gasteiger partial charge in [-0.15, -0.1) is 0 Å². The summed E-state index contributed by atoms with van der Waals surface area (Å²) in [4.78, 5) is 24.7. The van der Waals surface area contributed by atoms with Gasteiger partial charge >= 0.3 is 5.97 Å². The number of hydrogen-bond acceptors (Lipinski definition) is 5. The molecule has 7 nitrogen and oxygen atoms in total. The zero-order chi connectivity index (χ0) is 21.1. The predicted octanol–water partition coefficient (Wildman–Crippen LogP) is 3.01. The molecule has 0 spiro atoms. The van der Waals surface area contributed by atoms with Crippen LogP contribution >= 0.6 is 11.6 Å². The fourth-order valence-electron chi connectivity index (χ4n) is 2.49. The summed E-state index contributed by atoms with van der Waals surface area (Å²) >= 11 is 5.99. The van der Waals surface area contributed by atoms with Crippen molar-refractivity contribution in [3.8, 4) is 0 Å². The van der Waals surface area contributed by atoms with Gasteiger partial charge in [-0.1, -0.05) is 23.7 Å². The maximum atomic E-state index is 12.7. The molecule has 1 N–H and O–H groups in total. The van der Waals surface area contributed by atoms with Crippen LogP contribution in [0.15, 0.2) is 42.5 Å². The molecule has 0 aromatic heterocycles. The van der Waals surface area contributed by atoms with Crippen LogP contribution < -0.4 is 9.62 Å². The number of nitrogens with one attached hydrogen (secondary N) is 1. The number of nitrogens with zero attached hydrogens (tertiary/aromatic N) is 1. The minimum absolute atomic E-state index is 0.0658. The van der Waals surface area contributed by atoms with Crippen LogP contribution in [0, 0.1) is 0 Å².